The highest BCUT2D eigenvalue weighted by molar-refractivity contribution is 5.53. The third kappa shape index (κ3) is 6.44. The monoisotopic (exact) mass is 409 g/mol. The second-order valence-corrected chi connectivity index (χ2v) is 7.49. The van der Waals surface area contributed by atoms with Crippen LogP contribution in [0.4, 0.5) is 0 Å². The van der Waals surface area contributed by atoms with Crippen LogP contribution in [0, 0.1) is 6.92 Å². The predicted molar refractivity (Wildman–Crippen MR) is 118 cm³/mol. The third-order valence-corrected chi connectivity index (χ3v) is 4.65. The van der Waals surface area contributed by atoms with E-state index >= 15 is 0 Å². The van der Waals surface area contributed by atoms with Crippen LogP contribution in [0.3, 0.4) is 0 Å². The lowest BCUT2D eigenvalue weighted by molar-refractivity contribution is -0.0416. The van der Waals surface area contributed by atoms with Gasteiger partial charge < -0.3 is 18.6 Å². The van der Waals surface area contributed by atoms with E-state index in [0.29, 0.717) is 25.7 Å². The number of oxazole rings is 1. The van der Waals surface area contributed by atoms with Crippen LogP contribution < -0.4 is 4.74 Å². The first-order chi connectivity index (χ1) is 14.5. The van der Waals surface area contributed by atoms with E-state index in [1.54, 1.807) is 0 Å². The molecule has 0 saturated carbocycles. The van der Waals surface area contributed by atoms with E-state index < -0.39 is 0 Å². The van der Waals surface area contributed by atoms with Gasteiger partial charge in [0.1, 0.15) is 23.8 Å². The second-order valence-electron chi connectivity index (χ2n) is 7.49. The van der Waals surface area contributed by atoms with Gasteiger partial charge in [-0.15, -0.1) is 0 Å². The molecule has 0 aliphatic carbocycles. The van der Waals surface area contributed by atoms with Crippen molar-refractivity contribution in [3.05, 3.63) is 71.6 Å². The van der Waals surface area contributed by atoms with Crippen LogP contribution in [-0.2, 0) is 22.5 Å². The van der Waals surface area contributed by atoms with Gasteiger partial charge in [0.05, 0.1) is 18.8 Å². The summed E-state index contributed by atoms with van der Waals surface area (Å²) in [6, 6.07) is 18.0. The number of rotatable bonds is 11. The molecule has 160 valence electrons. The summed E-state index contributed by atoms with van der Waals surface area (Å²) < 4.78 is 23.3. The van der Waals surface area contributed by atoms with Crippen molar-refractivity contribution in [2.75, 3.05) is 13.2 Å². The number of nitrogens with zero attached hydrogens (tertiary/aromatic N) is 1. The Morgan fingerprint density at radius 3 is 2.40 bits per heavy atom. The summed E-state index contributed by atoms with van der Waals surface area (Å²) in [5.41, 5.74) is 2.96. The Hall–Kier alpha value is -2.63. The number of ether oxygens (including phenoxy) is 3. The first-order valence-corrected chi connectivity index (χ1v) is 10.5. The topological polar surface area (TPSA) is 53.7 Å². The number of aryl methyl sites for hydroxylation is 1. The Balaban J connectivity index is 1.57. The maximum atomic E-state index is 5.97. The summed E-state index contributed by atoms with van der Waals surface area (Å²) >= 11 is 0. The minimum absolute atomic E-state index is 0.0471. The van der Waals surface area contributed by atoms with Gasteiger partial charge in [0.15, 0.2) is 0 Å². The standard InChI is InChI=1S/C25H31NO4/c1-5-27-16-23(29-18(2)3)15-20-11-13-22(14-12-20)28-17-24-19(4)30-25(26-24)21-9-7-6-8-10-21/h6-14,18,23H,5,15-17H2,1-4H3/t23-/m0/s1. The molecule has 30 heavy (non-hydrogen) atoms. The molecule has 0 fully saturated rings. The number of aromatic nitrogens is 1. The zero-order valence-electron chi connectivity index (χ0n) is 18.3. The van der Waals surface area contributed by atoms with Gasteiger partial charge in [-0.2, -0.15) is 0 Å². The molecule has 2 aromatic carbocycles. The van der Waals surface area contributed by atoms with Crippen molar-refractivity contribution in [3.8, 4) is 17.2 Å². The van der Waals surface area contributed by atoms with Gasteiger partial charge in [-0.1, -0.05) is 30.3 Å². The number of benzene rings is 2. The number of hydrogen-bond donors (Lipinski definition) is 0. The van der Waals surface area contributed by atoms with Crippen LogP contribution in [0.5, 0.6) is 5.75 Å². The number of hydrogen-bond acceptors (Lipinski definition) is 5. The molecule has 3 aromatic rings. The fourth-order valence-corrected chi connectivity index (χ4v) is 3.18. The summed E-state index contributed by atoms with van der Waals surface area (Å²) in [5.74, 6) is 2.19. The lowest BCUT2D eigenvalue weighted by Crippen LogP contribution is -2.25. The highest BCUT2D eigenvalue weighted by Crippen LogP contribution is 2.23. The first-order valence-electron chi connectivity index (χ1n) is 10.5. The van der Waals surface area contributed by atoms with Crippen molar-refractivity contribution in [1.82, 2.24) is 4.98 Å². The van der Waals surface area contributed by atoms with Crippen molar-refractivity contribution >= 4 is 0 Å². The zero-order chi connectivity index (χ0) is 21.3. The minimum atomic E-state index is 0.0471. The molecule has 1 heterocycles. The molecule has 0 aliphatic rings. The largest absolute Gasteiger partial charge is 0.487 e. The molecule has 0 aliphatic heterocycles. The fourth-order valence-electron chi connectivity index (χ4n) is 3.18. The quantitative estimate of drug-likeness (QED) is 0.412. The first kappa shape index (κ1) is 22.1. The van der Waals surface area contributed by atoms with Gasteiger partial charge in [0, 0.05) is 18.6 Å². The smallest absolute Gasteiger partial charge is 0.226 e. The summed E-state index contributed by atoms with van der Waals surface area (Å²) in [4.78, 5) is 4.59. The molecule has 0 spiro atoms. The van der Waals surface area contributed by atoms with E-state index in [1.165, 1.54) is 5.56 Å². The molecular weight excluding hydrogens is 378 g/mol. The molecule has 0 saturated heterocycles. The van der Waals surface area contributed by atoms with E-state index in [4.69, 9.17) is 18.6 Å². The third-order valence-electron chi connectivity index (χ3n) is 4.65. The zero-order valence-corrected chi connectivity index (χ0v) is 18.3. The van der Waals surface area contributed by atoms with Gasteiger partial charge in [0.25, 0.3) is 0 Å². The summed E-state index contributed by atoms with van der Waals surface area (Å²) in [5, 5.41) is 0. The molecule has 0 N–H and O–H groups in total. The predicted octanol–water partition coefficient (Wildman–Crippen LogP) is 5.60. The molecule has 0 amide bonds. The van der Waals surface area contributed by atoms with Gasteiger partial charge in [-0.05, 0) is 57.5 Å². The van der Waals surface area contributed by atoms with Gasteiger partial charge in [0.2, 0.25) is 5.89 Å². The van der Waals surface area contributed by atoms with E-state index in [0.717, 1.165) is 29.2 Å². The summed E-state index contributed by atoms with van der Waals surface area (Å²) in [7, 11) is 0. The Bertz CT molecular complexity index is 887. The Kier molecular flexibility index (Phi) is 8.05. The highest BCUT2D eigenvalue weighted by Gasteiger charge is 2.14. The molecule has 0 bridgehead atoms. The van der Waals surface area contributed by atoms with Gasteiger partial charge in [-0.3, -0.25) is 0 Å². The van der Waals surface area contributed by atoms with Crippen molar-refractivity contribution in [1.29, 1.82) is 0 Å². The SMILES string of the molecule is CCOC[C@H](Cc1ccc(OCc2nc(-c3ccccc3)oc2C)cc1)OC(C)C. The molecule has 5 nitrogen and oxygen atoms in total. The lowest BCUT2D eigenvalue weighted by atomic mass is 10.1. The van der Waals surface area contributed by atoms with E-state index in [-0.39, 0.29) is 12.2 Å². The van der Waals surface area contributed by atoms with Crippen molar-refractivity contribution in [2.45, 2.75) is 52.9 Å². The second kappa shape index (κ2) is 11.0. The van der Waals surface area contributed by atoms with Gasteiger partial charge >= 0.3 is 0 Å². The molecule has 0 unspecified atom stereocenters. The fraction of sp³-hybridized carbons (Fsp3) is 0.400. The minimum Gasteiger partial charge on any atom is -0.487 e. The summed E-state index contributed by atoms with van der Waals surface area (Å²) in [6.07, 6.45) is 1.02. The van der Waals surface area contributed by atoms with E-state index in [2.05, 4.69) is 17.1 Å². The summed E-state index contributed by atoms with van der Waals surface area (Å²) in [6.45, 7) is 9.66. The molecule has 1 aromatic heterocycles. The van der Waals surface area contributed by atoms with E-state index in [1.807, 2.05) is 70.2 Å². The van der Waals surface area contributed by atoms with Crippen LogP contribution in [-0.4, -0.2) is 30.4 Å². The normalized spacial score (nSPS) is 12.3. The lowest BCUT2D eigenvalue weighted by Gasteiger charge is -2.20. The van der Waals surface area contributed by atoms with Crippen molar-refractivity contribution < 1.29 is 18.6 Å². The molecule has 3 rings (SSSR count). The van der Waals surface area contributed by atoms with Crippen molar-refractivity contribution in [2.24, 2.45) is 0 Å². The average Bonchev–Trinajstić information content (AvgIpc) is 3.12. The van der Waals surface area contributed by atoms with Crippen LogP contribution in [0.25, 0.3) is 11.5 Å². The Morgan fingerprint density at radius 2 is 1.73 bits per heavy atom. The van der Waals surface area contributed by atoms with E-state index in [9.17, 15) is 0 Å². The maximum absolute atomic E-state index is 5.97. The average molecular weight is 410 g/mol. The molecule has 0 radical (unpaired) electrons. The van der Waals surface area contributed by atoms with Crippen LogP contribution in [0.2, 0.25) is 0 Å². The Labute approximate surface area is 179 Å². The maximum Gasteiger partial charge on any atom is 0.226 e. The molecule has 5 heteroatoms. The Morgan fingerprint density at radius 1 is 1.00 bits per heavy atom. The molecule has 1 atom stereocenters. The van der Waals surface area contributed by atoms with Crippen LogP contribution >= 0.6 is 0 Å². The van der Waals surface area contributed by atoms with Gasteiger partial charge in [-0.25, -0.2) is 4.98 Å². The van der Waals surface area contributed by atoms with Crippen molar-refractivity contribution in [3.63, 3.8) is 0 Å². The molecular formula is C25H31NO4. The highest BCUT2D eigenvalue weighted by atomic mass is 16.5. The van der Waals surface area contributed by atoms with Crippen LogP contribution in [0.1, 0.15) is 37.8 Å². The van der Waals surface area contributed by atoms with Crippen LogP contribution in [0.15, 0.2) is 59.0 Å².